The third kappa shape index (κ3) is 3.45. The first kappa shape index (κ1) is 13.4. The zero-order valence-corrected chi connectivity index (χ0v) is 11.2. The van der Waals surface area contributed by atoms with E-state index >= 15 is 0 Å². The molecule has 2 saturated carbocycles. The van der Waals surface area contributed by atoms with Crippen LogP contribution in [0.1, 0.15) is 71.1 Å². The summed E-state index contributed by atoms with van der Waals surface area (Å²) in [7, 11) is 0. The van der Waals surface area contributed by atoms with Crippen molar-refractivity contribution in [2.75, 3.05) is 0 Å². The van der Waals surface area contributed by atoms with Gasteiger partial charge in [-0.25, -0.2) is 0 Å². The summed E-state index contributed by atoms with van der Waals surface area (Å²) >= 11 is 0. The van der Waals surface area contributed by atoms with Crippen LogP contribution in [0.15, 0.2) is 0 Å². The second-order valence-electron chi connectivity index (χ2n) is 6.43. The quantitative estimate of drug-likeness (QED) is 0.792. The molecule has 2 heteroatoms. The molecule has 2 rings (SSSR count). The van der Waals surface area contributed by atoms with Gasteiger partial charge in [0.2, 0.25) is 0 Å². The molecule has 0 radical (unpaired) electrons. The van der Waals surface area contributed by atoms with Crippen LogP contribution in [0, 0.1) is 11.8 Å². The molecule has 0 aromatic carbocycles. The summed E-state index contributed by atoms with van der Waals surface area (Å²) in [6.45, 7) is 2.24. The van der Waals surface area contributed by atoms with Gasteiger partial charge < -0.3 is 10.2 Å². The van der Waals surface area contributed by atoms with Crippen LogP contribution in [0.2, 0.25) is 0 Å². The van der Waals surface area contributed by atoms with Crippen LogP contribution in [0.4, 0.5) is 0 Å². The predicted molar refractivity (Wildman–Crippen MR) is 69.8 cm³/mol. The highest BCUT2D eigenvalue weighted by molar-refractivity contribution is 4.90. The van der Waals surface area contributed by atoms with Crippen molar-refractivity contribution in [2.24, 2.45) is 11.8 Å². The van der Waals surface area contributed by atoms with E-state index in [-0.39, 0.29) is 6.10 Å². The van der Waals surface area contributed by atoms with Crippen LogP contribution in [0.5, 0.6) is 0 Å². The molecule has 0 amide bonds. The molecule has 17 heavy (non-hydrogen) atoms. The van der Waals surface area contributed by atoms with Gasteiger partial charge in [0.15, 0.2) is 0 Å². The van der Waals surface area contributed by atoms with Crippen molar-refractivity contribution in [1.82, 2.24) is 0 Å². The molecule has 0 aromatic rings. The minimum atomic E-state index is -0.445. The van der Waals surface area contributed by atoms with E-state index in [1.54, 1.807) is 0 Å². The molecule has 3 unspecified atom stereocenters. The van der Waals surface area contributed by atoms with Crippen LogP contribution < -0.4 is 0 Å². The molecule has 2 aliphatic carbocycles. The fourth-order valence-electron chi connectivity index (χ4n) is 3.96. The van der Waals surface area contributed by atoms with Gasteiger partial charge in [0.25, 0.3) is 0 Å². The van der Waals surface area contributed by atoms with Gasteiger partial charge in [-0.3, -0.25) is 0 Å². The molecule has 0 spiro atoms. The lowest BCUT2D eigenvalue weighted by molar-refractivity contribution is -0.0305. The lowest BCUT2D eigenvalue weighted by Crippen LogP contribution is -2.36. The maximum Gasteiger partial charge on any atom is 0.0651 e. The molecule has 3 atom stereocenters. The Bertz CT molecular complexity index is 233. The fraction of sp³-hybridized carbons (Fsp3) is 1.00. The maximum atomic E-state index is 10.5. The van der Waals surface area contributed by atoms with E-state index in [0.29, 0.717) is 5.92 Å². The second kappa shape index (κ2) is 5.71. The molecule has 0 heterocycles. The Labute approximate surface area is 105 Å². The Hall–Kier alpha value is -0.0800. The zero-order chi connectivity index (χ0) is 12.3. The highest BCUT2D eigenvalue weighted by atomic mass is 16.3. The van der Waals surface area contributed by atoms with E-state index in [9.17, 15) is 10.2 Å². The van der Waals surface area contributed by atoms with Crippen molar-refractivity contribution < 1.29 is 10.2 Å². The Balaban J connectivity index is 1.88. The number of rotatable bonds is 4. The Morgan fingerprint density at radius 3 is 2.53 bits per heavy atom. The average Bonchev–Trinajstić information content (AvgIpc) is 2.70. The molecule has 2 nitrogen and oxygen atoms in total. The summed E-state index contributed by atoms with van der Waals surface area (Å²) in [4.78, 5) is 0. The minimum absolute atomic E-state index is 0.160. The normalized spacial score (nSPS) is 37.2. The molecular weight excluding hydrogens is 212 g/mol. The highest BCUT2D eigenvalue weighted by Crippen LogP contribution is 2.41. The van der Waals surface area contributed by atoms with Gasteiger partial charge in [-0.2, -0.15) is 0 Å². The van der Waals surface area contributed by atoms with Crippen molar-refractivity contribution in [3.8, 4) is 0 Å². The number of hydrogen-bond acceptors (Lipinski definition) is 2. The van der Waals surface area contributed by atoms with Gasteiger partial charge in [-0.05, 0) is 50.4 Å². The van der Waals surface area contributed by atoms with Crippen molar-refractivity contribution in [3.05, 3.63) is 0 Å². The van der Waals surface area contributed by atoms with E-state index in [4.69, 9.17) is 0 Å². The predicted octanol–water partition coefficient (Wildman–Crippen LogP) is 3.26. The lowest BCUT2D eigenvalue weighted by atomic mass is 9.73. The topological polar surface area (TPSA) is 40.5 Å². The lowest BCUT2D eigenvalue weighted by Gasteiger charge is -2.37. The third-order valence-electron chi connectivity index (χ3n) is 4.92. The van der Waals surface area contributed by atoms with Crippen molar-refractivity contribution >= 4 is 0 Å². The molecular formula is C15H28O2. The fourth-order valence-corrected chi connectivity index (χ4v) is 3.96. The molecule has 0 bridgehead atoms. The number of aliphatic hydroxyl groups is 2. The largest absolute Gasteiger partial charge is 0.393 e. The van der Waals surface area contributed by atoms with Gasteiger partial charge in [-0.15, -0.1) is 0 Å². The SMILES string of the molecule is CCCC1CCC(O)C(CC2(O)CCCC2)C1. The van der Waals surface area contributed by atoms with E-state index in [1.165, 1.54) is 19.3 Å². The van der Waals surface area contributed by atoms with E-state index in [0.717, 1.165) is 50.9 Å². The van der Waals surface area contributed by atoms with E-state index < -0.39 is 5.60 Å². The summed E-state index contributed by atoms with van der Waals surface area (Å²) in [5.41, 5.74) is -0.445. The number of aliphatic hydroxyl groups excluding tert-OH is 1. The van der Waals surface area contributed by atoms with Crippen molar-refractivity contribution in [2.45, 2.75) is 82.8 Å². The first-order valence-corrected chi connectivity index (χ1v) is 7.53. The minimum Gasteiger partial charge on any atom is -0.393 e. The van der Waals surface area contributed by atoms with Gasteiger partial charge in [0.05, 0.1) is 11.7 Å². The Morgan fingerprint density at radius 2 is 1.88 bits per heavy atom. The first-order valence-electron chi connectivity index (χ1n) is 7.53. The smallest absolute Gasteiger partial charge is 0.0651 e. The van der Waals surface area contributed by atoms with E-state index in [1.807, 2.05) is 0 Å². The maximum absolute atomic E-state index is 10.5. The van der Waals surface area contributed by atoms with Crippen molar-refractivity contribution in [3.63, 3.8) is 0 Å². The molecule has 2 aliphatic rings. The second-order valence-corrected chi connectivity index (χ2v) is 6.43. The zero-order valence-electron chi connectivity index (χ0n) is 11.2. The van der Waals surface area contributed by atoms with Gasteiger partial charge in [-0.1, -0.05) is 32.6 Å². The van der Waals surface area contributed by atoms with Gasteiger partial charge in [0, 0.05) is 0 Å². The number of hydrogen-bond donors (Lipinski definition) is 2. The molecule has 2 N–H and O–H groups in total. The van der Waals surface area contributed by atoms with Gasteiger partial charge in [0.1, 0.15) is 0 Å². The molecule has 0 saturated heterocycles. The summed E-state index contributed by atoms with van der Waals surface area (Å²) in [6.07, 6.45) is 10.7. The highest BCUT2D eigenvalue weighted by Gasteiger charge is 2.38. The first-order chi connectivity index (χ1) is 8.13. The van der Waals surface area contributed by atoms with Crippen LogP contribution in [-0.4, -0.2) is 21.9 Å². The van der Waals surface area contributed by atoms with Crippen LogP contribution in [0.3, 0.4) is 0 Å². The van der Waals surface area contributed by atoms with Crippen LogP contribution in [-0.2, 0) is 0 Å². The molecule has 100 valence electrons. The third-order valence-corrected chi connectivity index (χ3v) is 4.92. The Kier molecular flexibility index (Phi) is 4.48. The molecule has 0 aromatic heterocycles. The van der Waals surface area contributed by atoms with Crippen LogP contribution >= 0.6 is 0 Å². The van der Waals surface area contributed by atoms with E-state index in [2.05, 4.69) is 6.92 Å². The molecule has 2 fully saturated rings. The average molecular weight is 240 g/mol. The molecule has 0 aliphatic heterocycles. The van der Waals surface area contributed by atoms with Gasteiger partial charge >= 0.3 is 0 Å². The summed E-state index contributed by atoms with van der Waals surface area (Å²) in [5.74, 6) is 1.14. The van der Waals surface area contributed by atoms with Crippen LogP contribution in [0.25, 0.3) is 0 Å². The monoisotopic (exact) mass is 240 g/mol. The summed E-state index contributed by atoms with van der Waals surface area (Å²) in [5, 5.41) is 20.6. The summed E-state index contributed by atoms with van der Waals surface area (Å²) in [6, 6.07) is 0. The Morgan fingerprint density at radius 1 is 1.18 bits per heavy atom. The summed E-state index contributed by atoms with van der Waals surface area (Å²) < 4.78 is 0. The standard InChI is InChI=1S/C15H28O2/c1-2-5-12-6-7-14(16)13(10-12)11-15(17)8-3-4-9-15/h12-14,16-17H,2-11H2,1H3. The van der Waals surface area contributed by atoms with Crippen molar-refractivity contribution in [1.29, 1.82) is 0 Å².